The number of ether oxygens (including phenoxy) is 1. The Labute approximate surface area is 84.7 Å². The fourth-order valence-electron chi connectivity index (χ4n) is 0.898. The van der Waals surface area contributed by atoms with Gasteiger partial charge in [-0.1, -0.05) is 0 Å². The van der Waals surface area contributed by atoms with E-state index in [1.807, 2.05) is 26.8 Å². The fraction of sp³-hybridized carbons (Fsp3) is 0.600. The molecular formula is C10H17N3O. The minimum absolute atomic E-state index is 0.201. The number of aromatic nitrogens is 2. The molecule has 0 amide bonds. The van der Waals surface area contributed by atoms with Gasteiger partial charge in [-0.25, -0.2) is 9.97 Å². The molecule has 0 aliphatic heterocycles. The molecule has 0 saturated heterocycles. The second kappa shape index (κ2) is 4.37. The molecule has 1 rings (SSSR count). The van der Waals surface area contributed by atoms with E-state index in [0.717, 1.165) is 5.69 Å². The zero-order valence-corrected chi connectivity index (χ0v) is 9.16. The van der Waals surface area contributed by atoms with Gasteiger partial charge in [0.15, 0.2) is 0 Å². The molecule has 0 aliphatic carbocycles. The minimum Gasteiger partial charge on any atom is -0.377 e. The molecule has 78 valence electrons. The Morgan fingerprint density at radius 3 is 2.79 bits per heavy atom. The first kappa shape index (κ1) is 10.9. The maximum Gasteiger partial charge on any atom is 0.222 e. The summed E-state index contributed by atoms with van der Waals surface area (Å²) in [6.45, 7) is 6.65. The van der Waals surface area contributed by atoms with Crippen molar-refractivity contribution in [3.05, 3.63) is 18.0 Å². The Morgan fingerprint density at radius 1 is 1.50 bits per heavy atom. The van der Waals surface area contributed by atoms with E-state index in [4.69, 9.17) is 4.74 Å². The van der Waals surface area contributed by atoms with Gasteiger partial charge in [0.1, 0.15) is 0 Å². The summed E-state index contributed by atoms with van der Waals surface area (Å²) in [5, 5.41) is 3.13. The molecule has 1 aromatic rings. The average Bonchev–Trinajstić information content (AvgIpc) is 2.15. The minimum atomic E-state index is -0.201. The lowest BCUT2D eigenvalue weighted by Gasteiger charge is -2.22. The Morgan fingerprint density at radius 2 is 2.21 bits per heavy atom. The second-order valence-corrected chi connectivity index (χ2v) is 3.84. The largest absolute Gasteiger partial charge is 0.377 e. The monoisotopic (exact) mass is 195 g/mol. The summed E-state index contributed by atoms with van der Waals surface area (Å²) in [7, 11) is 1.69. The van der Waals surface area contributed by atoms with Crippen LogP contribution in [0.4, 0.5) is 5.95 Å². The van der Waals surface area contributed by atoms with Gasteiger partial charge in [0, 0.05) is 25.5 Å². The van der Waals surface area contributed by atoms with Crippen molar-refractivity contribution in [2.24, 2.45) is 0 Å². The first-order valence-corrected chi connectivity index (χ1v) is 4.62. The summed E-state index contributed by atoms with van der Waals surface area (Å²) in [6, 6.07) is 1.87. The summed E-state index contributed by atoms with van der Waals surface area (Å²) in [6.07, 6.45) is 1.74. The first-order chi connectivity index (χ1) is 6.53. The molecule has 14 heavy (non-hydrogen) atoms. The third kappa shape index (κ3) is 3.30. The molecule has 1 N–H and O–H groups in total. The van der Waals surface area contributed by atoms with Gasteiger partial charge in [0.25, 0.3) is 0 Å². The maximum atomic E-state index is 5.27. The first-order valence-electron chi connectivity index (χ1n) is 4.62. The molecule has 0 aromatic carbocycles. The van der Waals surface area contributed by atoms with E-state index in [2.05, 4.69) is 15.3 Å². The van der Waals surface area contributed by atoms with Gasteiger partial charge >= 0.3 is 0 Å². The van der Waals surface area contributed by atoms with Crippen LogP contribution in [0.15, 0.2) is 12.3 Å². The van der Waals surface area contributed by atoms with Crippen LogP contribution in [-0.2, 0) is 4.74 Å². The number of nitrogens with one attached hydrogen (secondary N) is 1. The van der Waals surface area contributed by atoms with Crippen LogP contribution >= 0.6 is 0 Å². The highest BCUT2D eigenvalue weighted by molar-refractivity contribution is 5.25. The van der Waals surface area contributed by atoms with Crippen LogP contribution in [0.5, 0.6) is 0 Å². The Kier molecular flexibility index (Phi) is 3.41. The van der Waals surface area contributed by atoms with E-state index < -0.39 is 0 Å². The zero-order chi connectivity index (χ0) is 10.6. The lowest BCUT2D eigenvalue weighted by Crippen LogP contribution is -2.32. The van der Waals surface area contributed by atoms with Crippen LogP contribution in [0.2, 0.25) is 0 Å². The van der Waals surface area contributed by atoms with E-state index in [1.54, 1.807) is 13.3 Å². The standard InChI is InChI=1S/C10H17N3O/c1-8-5-6-11-9(13-8)12-7-10(2,3)14-4/h5-6H,7H2,1-4H3,(H,11,12,13). The molecule has 4 nitrogen and oxygen atoms in total. The summed E-state index contributed by atoms with van der Waals surface area (Å²) >= 11 is 0. The molecule has 1 aromatic heterocycles. The third-order valence-electron chi connectivity index (χ3n) is 2.02. The van der Waals surface area contributed by atoms with Crippen LogP contribution in [-0.4, -0.2) is 29.2 Å². The molecule has 0 radical (unpaired) electrons. The predicted molar refractivity (Wildman–Crippen MR) is 56.3 cm³/mol. The Hall–Kier alpha value is -1.16. The van der Waals surface area contributed by atoms with Crippen LogP contribution in [0, 0.1) is 6.92 Å². The summed E-state index contributed by atoms with van der Waals surface area (Å²) in [4.78, 5) is 8.33. The number of aryl methyl sites for hydroxylation is 1. The number of nitrogens with zero attached hydrogens (tertiary/aromatic N) is 2. The van der Waals surface area contributed by atoms with E-state index in [-0.39, 0.29) is 5.60 Å². The average molecular weight is 195 g/mol. The molecule has 0 bridgehead atoms. The van der Waals surface area contributed by atoms with Crippen molar-refractivity contribution >= 4 is 5.95 Å². The smallest absolute Gasteiger partial charge is 0.222 e. The SMILES string of the molecule is COC(C)(C)CNc1nccc(C)n1. The number of anilines is 1. The number of hydrogen-bond acceptors (Lipinski definition) is 4. The topological polar surface area (TPSA) is 47.0 Å². The van der Waals surface area contributed by atoms with E-state index in [0.29, 0.717) is 12.5 Å². The molecule has 0 spiro atoms. The predicted octanol–water partition coefficient (Wildman–Crippen LogP) is 1.62. The van der Waals surface area contributed by atoms with Crippen molar-refractivity contribution in [3.63, 3.8) is 0 Å². The molecule has 0 atom stereocenters. The molecule has 1 heterocycles. The van der Waals surface area contributed by atoms with Crippen LogP contribution in [0.25, 0.3) is 0 Å². The summed E-state index contributed by atoms with van der Waals surface area (Å²) in [5.74, 6) is 0.648. The van der Waals surface area contributed by atoms with Gasteiger partial charge in [-0.15, -0.1) is 0 Å². The van der Waals surface area contributed by atoms with Crippen molar-refractivity contribution < 1.29 is 4.74 Å². The van der Waals surface area contributed by atoms with Crippen molar-refractivity contribution in [3.8, 4) is 0 Å². The quantitative estimate of drug-likeness (QED) is 0.793. The maximum absolute atomic E-state index is 5.27. The summed E-state index contributed by atoms with van der Waals surface area (Å²) < 4.78 is 5.27. The lowest BCUT2D eigenvalue weighted by molar-refractivity contribution is 0.0342. The molecule has 0 aliphatic rings. The summed E-state index contributed by atoms with van der Waals surface area (Å²) in [5.41, 5.74) is 0.755. The van der Waals surface area contributed by atoms with Crippen LogP contribution in [0.3, 0.4) is 0 Å². The van der Waals surface area contributed by atoms with Crippen molar-refractivity contribution in [1.29, 1.82) is 0 Å². The number of methoxy groups -OCH3 is 1. The highest BCUT2D eigenvalue weighted by Crippen LogP contribution is 2.08. The zero-order valence-electron chi connectivity index (χ0n) is 9.16. The normalized spacial score (nSPS) is 11.4. The Balaban J connectivity index is 2.54. The van der Waals surface area contributed by atoms with E-state index in [1.165, 1.54) is 0 Å². The van der Waals surface area contributed by atoms with Gasteiger partial charge in [-0.3, -0.25) is 0 Å². The number of rotatable bonds is 4. The third-order valence-corrected chi connectivity index (χ3v) is 2.02. The highest BCUT2D eigenvalue weighted by Gasteiger charge is 2.15. The Bertz CT molecular complexity index is 299. The van der Waals surface area contributed by atoms with Gasteiger partial charge in [-0.05, 0) is 26.8 Å². The van der Waals surface area contributed by atoms with E-state index >= 15 is 0 Å². The molecule has 4 heteroatoms. The fourth-order valence-corrected chi connectivity index (χ4v) is 0.898. The number of hydrogen-bond donors (Lipinski definition) is 1. The second-order valence-electron chi connectivity index (χ2n) is 3.84. The molecular weight excluding hydrogens is 178 g/mol. The lowest BCUT2D eigenvalue weighted by atomic mass is 10.1. The van der Waals surface area contributed by atoms with Crippen molar-refractivity contribution in [2.45, 2.75) is 26.4 Å². The van der Waals surface area contributed by atoms with Crippen LogP contribution < -0.4 is 5.32 Å². The van der Waals surface area contributed by atoms with E-state index in [9.17, 15) is 0 Å². The molecule has 0 saturated carbocycles. The van der Waals surface area contributed by atoms with Crippen molar-refractivity contribution in [2.75, 3.05) is 19.0 Å². The van der Waals surface area contributed by atoms with Gasteiger partial charge in [0.2, 0.25) is 5.95 Å². The molecule has 0 unspecified atom stereocenters. The highest BCUT2D eigenvalue weighted by atomic mass is 16.5. The molecule has 0 fully saturated rings. The van der Waals surface area contributed by atoms with Crippen LogP contribution in [0.1, 0.15) is 19.5 Å². The van der Waals surface area contributed by atoms with Gasteiger partial charge < -0.3 is 10.1 Å². The van der Waals surface area contributed by atoms with Gasteiger partial charge in [0.05, 0.1) is 5.60 Å². The van der Waals surface area contributed by atoms with Crippen molar-refractivity contribution in [1.82, 2.24) is 9.97 Å². The van der Waals surface area contributed by atoms with Gasteiger partial charge in [-0.2, -0.15) is 0 Å².